The van der Waals surface area contributed by atoms with Crippen molar-refractivity contribution < 1.29 is 31.8 Å². The van der Waals surface area contributed by atoms with Crippen LogP contribution in [-0.4, -0.2) is 22.4 Å². The van der Waals surface area contributed by atoms with Crippen LogP contribution in [0.5, 0.6) is 17.2 Å². The lowest BCUT2D eigenvalue weighted by Gasteiger charge is -2.09. The quantitative estimate of drug-likeness (QED) is 0.216. The first-order chi connectivity index (χ1) is 18.9. The van der Waals surface area contributed by atoms with Crippen molar-refractivity contribution in [2.75, 3.05) is 5.32 Å². The molecule has 4 aromatic carbocycles. The van der Waals surface area contributed by atoms with Gasteiger partial charge in [0, 0.05) is 23.0 Å². The van der Waals surface area contributed by atoms with Gasteiger partial charge in [-0.3, -0.25) is 0 Å². The molecule has 0 saturated carbocycles. The van der Waals surface area contributed by atoms with Crippen molar-refractivity contribution in [2.45, 2.75) is 6.61 Å². The number of hydrogen-bond donors (Lipinski definition) is 1. The first kappa shape index (κ1) is 25.5. The maximum absolute atomic E-state index is 14.6. The fourth-order valence-corrected chi connectivity index (χ4v) is 3.78. The number of halogens is 4. The number of anilines is 1. The minimum atomic E-state index is -2.91. The maximum atomic E-state index is 14.6. The van der Waals surface area contributed by atoms with E-state index in [-0.39, 0.29) is 17.0 Å². The van der Waals surface area contributed by atoms with Gasteiger partial charge in [-0.1, -0.05) is 24.3 Å². The second-order valence-electron chi connectivity index (χ2n) is 8.23. The summed E-state index contributed by atoms with van der Waals surface area (Å²) in [6, 6.07) is 23.1. The molecule has 1 amide bonds. The van der Waals surface area contributed by atoms with Gasteiger partial charge in [0.1, 0.15) is 34.6 Å². The average Bonchev–Trinajstić information content (AvgIpc) is 3.37. The van der Waals surface area contributed by atoms with Gasteiger partial charge in [-0.15, -0.1) is 0 Å². The Labute approximate surface area is 220 Å². The van der Waals surface area contributed by atoms with E-state index in [1.165, 1.54) is 60.8 Å². The molecule has 10 heteroatoms. The van der Waals surface area contributed by atoms with Crippen molar-refractivity contribution in [3.63, 3.8) is 0 Å². The highest BCUT2D eigenvalue weighted by Crippen LogP contribution is 2.33. The SMILES string of the molecule is O=C(Nc1ccc(Oc2ccc(OC(F)F)cc2)cc1)n1cc(-c2ccc(F)cc2)c(-c2ccccc2F)n1. The smallest absolute Gasteiger partial charge is 0.387 e. The summed E-state index contributed by atoms with van der Waals surface area (Å²) in [4.78, 5) is 13.0. The summed E-state index contributed by atoms with van der Waals surface area (Å²) in [6.45, 7) is -2.91. The highest BCUT2D eigenvalue weighted by atomic mass is 19.3. The fraction of sp³-hybridized carbons (Fsp3) is 0.0345. The molecule has 0 unspecified atom stereocenters. The number of nitrogens with zero attached hydrogens (tertiary/aromatic N) is 2. The first-order valence-electron chi connectivity index (χ1n) is 11.6. The zero-order chi connectivity index (χ0) is 27.4. The average molecular weight is 533 g/mol. The van der Waals surface area contributed by atoms with Crippen molar-refractivity contribution in [2.24, 2.45) is 0 Å². The number of alkyl halides is 2. The third kappa shape index (κ3) is 6.07. The first-order valence-corrected chi connectivity index (χ1v) is 11.6. The van der Waals surface area contributed by atoms with Crippen molar-refractivity contribution in [3.8, 4) is 39.6 Å². The number of hydrogen-bond acceptors (Lipinski definition) is 4. The van der Waals surface area contributed by atoms with E-state index in [0.717, 1.165) is 4.68 Å². The molecule has 5 aromatic rings. The van der Waals surface area contributed by atoms with Gasteiger partial charge in [-0.25, -0.2) is 13.6 Å². The lowest BCUT2D eigenvalue weighted by atomic mass is 10.0. The second kappa shape index (κ2) is 11.1. The van der Waals surface area contributed by atoms with E-state index >= 15 is 0 Å². The number of benzene rings is 4. The third-order valence-corrected chi connectivity index (χ3v) is 5.60. The van der Waals surface area contributed by atoms with Crippen molar-refractivity contribution >= 4 is 11.7 Å². The van der Waals surface area contributed by atoms with Crippen LogP contribution >= 0.6 is 0 Å². The molecule has 1 aromatic heterocycles. The van der Waals surface area contributed by atoms with Gasteiger partial charge in [0.05, 0.1) is 0 Å². The zero-order valence-electron chi connectivity index (χ0n) is 20.0. The summed E-state index contributed by atoms with van der Waals surface area (Å²) in [5, 5.41) is 7.03. The van der Waals surface area contributed by atoms with Crippen molar-refractivity contribution in [1.82, 2.24) is 9.78 Å². The van der Waals surface area contributed by atoms with Gasteiger partial charge in [0.2, 0.25) is 0 Å². The van der Waals surface area contributed by atoms with E-state index in [0.29, 0.717) is 28.3 Å². The Morgan fingerprint density at radius 3 is 2.03 bits per heavy atom. The summed E-state index contributed by atoms with van der Waals surface area (Å²) in [5.41, 5.74) is 1.86. The van der Waals surface area contributed by atoms with Gasteiger partial charge >= 0.3 is 12.6 Å². The number of amides is 1. The maximum Gasteiger partial charge on any atom is 0.387 e. The number of carbonyl (C=O) groups is 1. The van der Waals surface area contributed by atoms with Gasteiger partial charge in [-0.2, -0.15) is 18.6 Å². The third-order valence-electron chi connectivity index (χ3n) is 5.60. The van der Waals surface area contributed by atoms with Gasteiger partial charge in [0.25, 0.3) is 0 Å². The van der Waals surface area contributed by atoms with E-state index in [1.807, 2.05) is 0 Å². The molecule has 0 aliphatic heterocycles. The van der Waals surface area contributed by atoms with Crippen molar-refractivity contribution in [3.05, 3.63) is 115 Å². The predicted molar refractivity (Wildman–Crippen MR) is 137 cm³/mol. The molecule has 6 nitrogen and oxygen atoms in total. The molecular weight excluding hydrogens is 514 g/mol. The lowest BCUT2D eigenvalue weighted by molar-refractivity contribution is -0.0498. The van der Waals surface area contributed by atoms with Gasteiger partial charge < -0.3 is 14.8 Å². The highest BCUT2D eigenvalue weighted by molar-refractivity contribution is 5.92. The molecule has 1 N–H and O–H groups in total. The number of aromatic nitrogens is 2. The normalized spacial score (nSPS) is 10.9. The standard InChI is InChI=1S/C29H19F4N3O3/c30-19-7-5-18(6-8-19)25-17-36(35-27(25)24-3-1-2-4-26(24)31)29(37)34-20-9-11-21(12-10-20)38-22-13-15-23(16-14-22)39-28(32)33/h1-17,28H,(H,34,37). The summed E-state index contributed by atoms with van der Waals surface area (Å²) >= 11 is 0. The molecule has 39 heavy (non-hydrogen) atoms. The second-order valence-corrected chi connectivity index (χ2v) is 8.23. The van der Waals surface area contributed by atoms with E-state index in [2.05, 4.69) is 15.2 Å². The number of carbonyl (C=O) groups excluding carboxylic acids is 1. The molecule has 0 saturated heterocycles. The van der Waals surface area contributed by atoms with Gasteiger partial charge in [0.15, 0.2) is 0 Å². The van der Waals surface area contributed by atoms with Crippen molar-refractivity contribution in [1.29, 1.82) is 0 Å². The zero-order valence-corrected chi connectivity index (χ0v) is 20.0. The minimum Gasteiger partial charge on any atom is -0.457 e. The van der Waals surface area contributed by atoms with E-state index < -0.39 is 24.3 Å². The highest BCUT2D eigenvalue weighted by Gasteiger charge is 2.19. The van der Waals surface area contributed by atoms with Crippen LogP contribution in [0.15, 0.2) is 103 Å². The van der Waals surface area contributed by atoms with Crippen LogP contribution in [0.1, 0.15) is 0 Å². The van der Waals surface area contributed by atoms with E-state index in [9.17, 15) is 22.4 Å². The fourth-order valence-electron chi connectivity index (χ4n) is 3.78. The molecular formula is C29H19F4N3O3. The number of rotatable bonds is 7. The topological polar surface area (TPSA) is 65.4 Å². The Bertz CT molecular complexity index is 1590. The number of ether oxygens (including phenoxy) is 2. The summed E-state index contributed by atoms with van der Waals surface area (Å²) in [6.07, 6.45) is 1.45. The Kier molecular flexibility index (Phi) is 7.26. The summed E-state index contributed by atoms with van der Waals surface area (Å²) < 4.78 is 63.7. The Morgan fingerprint density at radius 1 is 0.769 bits per heavy atom. The van der Waals surface area contributed by atoms with Crippen LogP contribution in [0.25, 0.3) is 22.4 Å². The van der Waals surface area contributed by atoms with Crippen LogP contribution in [0, 0.1) is 11.6 Å². The molecule has 0 fully saturated rings. The van der Waals surface area contributed by atoms with E-state index in [1.54, 1.807) is 42.5 Å². The lowest BCUT2D eigenvalue weighted by Crippen LogP contribution is -2.19. The molecule has 0 atom stereocenters. The van der Waals surface area contributed by atoms with Crippen LogP contribution in [0.3, 0.4) is 0 Å². The van der Waals surface area contributed by atoms with Crippen LogP contribution in [0.2, 0.25) is 0 Å². The predicted octanol–water partition coefficient (Wildman–Crippen LogP) is 7.97. The molecule has 5 rings (SSSR count). The molecule has 1 heterocycles. The molecule has 0 radical (unpaired) electrons. The summed E-state index contributed by atoms with van der Waals surface area (Å²) in [7, 11) is 0. The Morgan fingerprint density at radius 2 is 1.38 bits per heavy atom. The number of nitrogens with one attached hydrogen (secondary N) is 1. The van der Waals surface area contributed by atoms with Gasteiger partial charge in [-0.05, 0) is 78.4 Å². The van der Waals surface area contributed by atoms with Crippen LogP contribution in [-0.2, 0) is 0 Å². The van der Waals surface area contributed by atoms with Crippen LogP contribution < -0.4 is 14.8 Å². The Hall–Kier alpha value is -5.12. The molecule has 196 valence electrons. The minimum absolute atomic E-state index is 0.00905. The molecule has 0 aliphatic carbocycles. The summed E-state index contributed by atoms with van der Waals surface area (Å²) in [5.74, 6) is -0.0939. The largest absolute Gasteiger partial charge is 0.457 e. The molecule has 0 bridgehead atoms. The molecule has 0 aliphatic rings. The van der Waals surface area contributed by atoms with Crippen LogP contribution in [0.4, 0.5) is 28.0 Å². The van der Waals surface area contributed by atoms with E-state index in [4.69, 9.17) is 4.74 Å². The monoisotopic (exact) mass is 533 g/mol. The Balaban J connectivity index is 1.33. The molecule has 0 spiro atoms.